The lowest BCUT2D eigenvalue weighted by atomic mass is 9.83. The number of nitrogens with two attached hydrogens (primary N) is 1. The fourth-order valence-corrected chi connectivity index (χ4v) is 2.16. The first kappa shape index (κ1) is 17.3. The van der Waals surface area contributed by atoms with Gasteiger partial charge in [-0.3, -0.25) is 4.79 Å². The Labute approximate surface area is 127 Å². The van der Waals surface area contributed by atoms with Gasteiger partial charge in [0.15, 0.2) is 0 Å². The summed E-state index contributed by atoms with van der Waals surface area (Å²) < 4.78 is 0. The van der Waals surface area contributed by atoms with Crippen LogP contribution in [-0.4, -0.2) is 43.2 Å². The summed E-state index contributed by atoms with van der Waals surface area (Å²) in [4.78, 5) is 13.5. The molecule has 5 heteroatoms. The number of anilines is 2. The second-order valence-corrected chi connectivity index (χ2v) is 5.72. The van der Waals surface area contributed by atoms with Crippen molar-refractivity contribution in [2.75, 3.05) is 38.3 Å². The van der Waals surface area contributed by atoms with Crippen molar-refractivity contribution in [1.29, 1.82) is 0 Å². The number of carbonyl (C=O) groups is 1. The van der Waals surface area contributed by atoms with E-state index in [9.17, 15) is 9.90 Å². The molecule has 0 unspecified atom stereocenters. The number of nitrogens with zero attached hydrogens (tertiary/aromatic N) is 1. The molecule has 21 heavy (non-hydrogen) atoms. The number of hydrogen-bond donors (Lipinski definition) is 3. The summed E-state index contributed by atoms with van der Waals surface area (Å²) in [6, 6.07) is 5.23. The summed E-state index contributed by atoms with van der Waals surface area (Å²) in [6.45, 7) is 4.89. The summed E-state index contributed by atoms with van der Waals surface area (Å²) in [5.41, 5.74) is 7.75. The fraction of sp³-hybridized carbons (Fsp3) is 0.562. The smallest absolute Gasteiger partial charge is 0.253 e. The van der Waals surface area contributed by atoms with Crippen molar-refractivity contribution in [3.8, 4) is 0 Å². The quantitative estimate of drug-likeness (QED) is 0.673. The van der Waals surface area contributed by atoms with E-state index in [1.54, 1.807) is 32.3 Å². The third kappa shape index (κ3) is 4.11. The van der Waals surface area contributed by atoms with Crippen molar-refractivity contribution >= 4 is 17.3 Å². The number of aliphatic hydroxyl groups excluding tert-OH is 1. The van der Waals surface area contributed by atoms with Gasteiger partial charge in [0.25, 0.3) is 5.91 Å². The van der Waals surface area contributed by atoms with Gasteiger partial charge < -0.3 is 21.1 Å². The van der Waals surface area contributed by atoms with E-state index < -0.39 is 0 Å². The lowest BCUT2D eigenvalue weighted by molar-refractivity contribution is 0.0827. The van der Waals surface area contributed by atoms with Crippen LogP contribution in [0.4, 0.5) is 11.4 Å². The van der Waals surface area contributed by atoms with E-state index in [1.807, 2.05) is 0 Å². The molecule has 0 aliphatic carbocycles. The Hall–Kier alpha value is -1.75. The van der Waals surface area contributed by atoms with Crippen molar-refractivity contribution < 1.29 is 9.90 Å². The van der Waals surface area contributed by atoms with E-state index in [-0.39, 0.29) is 17.9 Å². The molecule has 0 heterocycles. The van der Waals surface area contributed by atoms with Gasteiger partial charge in [-0.2, -0.15) is 0 Å². The van der Waals surface area contributed by atoms with Gasteiger partial charge >= 0.3 is 0 Å². The molecule has 0 aliphatic rings. The third-order valence-corrected chi connectivity index (χ3v) is 4.20. The second kappa shape index (κ2) is 7.31. The number of aliphatic hydroxyl groups is 1. The third-order valence-electron chi connectivity index (χ3n) is 4.20. The predicted molar refractivity (Wildman–Crippen MR) is 87.5 cm³/mol. The van der Waals surface area contributed by atoms with Crippen LogP contribution in [0, 0.1) is 5.41 Å². The molecule has 1 rings (SSSR count). The molecule has 0 saturated heterocycles. The van der Waals surface area contributed by atoms with Gasteiger partial charge in [0.05, 0.1) is 18.0 Å². The van der Waals surface area contributed by atoms with Crippen molar-refractivity contribution in [2.45, 2.75) is 26.7 Å². The van der Waals surface area contributed by atoms with Gasteiger partial charge in [0, 0.05) is 31.6 Å². The molecule has 0 aliphatic heterocycles. The monoisotopic (exact) mass is 293 g/mol. The average Bonchev–Trinajstić information content (AvgIpc) is 2.50. The molecule has 0 spiro atoms. The van der Waals surface area contributed by atoms with Crippen LogP contribution >= 0.6 is 0 Å². The van der Waals surface area contributed by atoms with Crippen molar-refractivity contribution in [3.63, 3.8) is 0 Å². The lowest BCUT2D eigenvalue weighted by Crippen LogP contribution is -2.32. The Kier molecular flexibility index (Phi) is 6.03. The van der Waals surface area contributed by atoms with Gasteiger partial charge in [-0.05, 0) is 31.0 Å². The summed E-state index contributed by atoms with van der Waals surface area (Å²) in [5, 5.41) is 12.9. The number of hydrogen-bond acceptors (Lipinski definition) is 4. The zero-order valence-corrected chi connectivity index (χ0v) is 13.4. The van der Waals surface area contributed by atoms with Crippen LogP contribution in [0.15, 0.2) is 18.2 Å². The molecule has 1 amide bonds. The minimum Gasteiger partial charge on any atom is -0.397 e. The average molecular weight is 293 g/mol. The van der Waals surface area contributed by atoms with E-state index in [0.717, 1.165) is 18.5 Å². The molecule has 0 atom stereocenters. The van der Waals surface area contributed by atoms with E-state index >= 15 is 0 Å². The Morgan fingerprint density at radius 2 is 1.95 bits per heavy atom. The van der Waals surface area contributed by atoms with Crippen LogP contribution in [0.1, 0.15) is 37.0 Å². The Bertz CT molecular complexity index is 474. The zero-order chi connectivity index (χ0) is 16.0. The molecule has 4 N–H and O–H groups in total. The highest BCUT2D eigenvalue weighted by atomic mass is 16.3. The molecule has 1 aromatic rings. The van der Waals surface area contributed by atoms with Crippen molar-refractivity contribution in [3.05, 3.63) is 23.8 Å². The molecular formula is C16H27N3O2. The van der Waals surface area contributed by atoms with Crippen LogP contribution in [-0.2, 0) is 0 Å². The molecule has 118 valence electrons. The minimum absolute atomic E-state index is 0.0579. The number of amides is 1. The van der Waals surface area contributed by atoms with Crippen molar-refractivity contribution in [1.82, 2.24) is 4.90 Å². The predicted octanol–water partition coefficient (Wildman–Crippen LogP) is 2.18. The molecule has 0 radical (unpaired) electrons. The number of rotatable bonds is 7. The molecular weight excluding hydrogens is 266 g/mol. The summed E-state index contributed by atoms with van der Waals surface area (Å²) in [7, 11) is 3.44. The minimum atomic E-state index is -0.159. The first-order valence-electron chi connectivity index (χ1n) is 7.35. The fourth-order valence-electron chi connectivity index (χ4n) is 2.16. The Morgan fingerprint density at radius 1 is 1.33 bits per heavy atom. The highest BCUT2D eigenvalue weighted by molar-refractivity contribution is 5.95. The first-order chi connectivity index (χ1) is 9.89. The lowest BCUT2D eigenvalue weighted by Gasteiger charge is -2.30. The largest absolute Gasteiger partial charge is 0.397 e. The maximum Gasteiger partial charge on any atom is 0.253 e. The van der Waals surface area contributed by atoms with Gasteiger partial charge in [-0.25, -0.2) is 0 Å². The molecule has 0 saturated carbocycles. The number of nitrogens with one attached hydrogen (secondary N) is 1. The number of benzene rings is 1. The van der Waals surface area contributed by atoms with Crippen LogP contribution < -0.4 is 11.1 Å². The van der Waals surface area contributed by atoms with Gasteiger partial charge in [0.1, 0.15) is 0 Å². The number of nitrogen functional groups attached to an aromatic ring is 1. The standard InChI is InChI=1S/C16H27N3O2/c1-5-16(6-2,11-20)10-18-14-9-12(7-8-13(14)17)15(21)19(3)4/h7-9,18,20H,5-6,10-11,17H2,1-4H3. The summed E-state index contributed by atoms with van der Waals surface area (Å²) in [5.74, 6) is -0.0579. The maximum absolute atomic E-state index is 12.0. The first-order valence-corrected chi connectivity index (χ1v) is 7.35. The summed E-state index contributed by atoms with van der Waals surface area (Å²) >= 11 is 0. The summed E-state index contributed by atoms with van der Waals surface area (Å²) in [6.07, 6.45) is 1.76. The van der Waals surface area contributed by atoms with Gasteiger partial charge in [-0.1, -0.05) is 13.8 Å². The van der Waals surface area contributed by atoms with Gasteiger partial charge in [0.2, 0.25) is 0 Å². The van der Waals surface area contributed by atoms with Gasteiger partial charge in [-0.15, -0.1) is 0 Å². The van der Waals surface area contributed by atoms with E-state index in [0.29, 0.717) is 17.8 Å². The SMILES string of the molecule is CCC(CC)(CO)CNc1cc(C(=O)N(C)C)ccc1N. The van der Waals surface area contributed by atoms with Crippen LogP contribution in [0.25, 0.3) is 0 Å². The highest BCUT2D eigenvalue weighted by Gasteiger charge is 2.25. The van der Waals surface area contributed by atoms with E-state index in [2.05, 4.69) is 19.2 Å². The molecule has 1 aromatic carbocycles. The normalized spacial score (nSPS) is 11.3. The Morgan fingerprint density at radius 3 is 2.43 bits per heavy atom. The zero-order valence-electron chi connectivity index (χ0n) is 13.4. The van der Waals surface area contributed by atoms with Crippen LogP contribution in [0.3, 0.4) is 0 Å². The Balaban J connectivity index is 2.93. The van der Waals surface area contributed by atoms with Crippen molar-refractivity contribution in [2.24, 2.45) is 5.41 Å². The van der Waals surface area contributed by atoms with E-state index in [1.165, 1.54) is 4.90 Å². The molecule has 0 aromatic heterocycles. The molecule has 5 nitrogen and oxygen atoms in total. The molecule has 0 fully saturated rings. The molecule has 0 bridgehead atoms. The highest BCUT2D eigenvalue weighted by Crippen LogP contribution is 2.28. The number of carbonyl (C=O) groups excluding carboxylic acids is 1. The van der Waals surface area contributed by atoms with Crippen LogP contribution in [0.5, 0.6) is 0 Å². The maximum atomic E-state index is 12.0. The van der Waals surface area contributed by atoms with Crippen LogP contribution in [0.2, 0.25) is 0 Å². The second-order valence-electron chi connectivity index (χ2n) is 5.72. The van der Waals surface area contributed by atoms with E-state index in [4.69, 9.17) is 5.73 Å². The topological polar surface area (TPSA) is 78.6 Å².